The minimum absolute atomic E-state index is 0.112. The molecule has 0 N–H and O–H groups in total. The van der Waals surface area contributed by atoms with Crippen LogP contribution in [0.1, 0.15) is 53.9 Å². The van der Waals surface area contributed by atoms with Crippen molar-refractivity contribution in [3.8, 4) is 0 Å². The highest BCUT2D eigenvalue weighted by atomic mass is 16.8. The van der Waals surface area contributed by atoms with Crippen molar-refractivity contribution in [1.82, 2.24) is 0 Å². The molecule has 1 aliphatic heterocycles. The smallest absolute Gasteiger partial charge is 0.392 e. The molecule has 0 aliphatic carbocycles. The van der Waals surface area contributed by atoms with Gasteiger partial charge in [-0.25, -0.2) is 9.59 Å². The Morgan fingerprint density at radius 1 is 1.24 bits per heavy atom. The monoisotopic (exact) mass is 298 g/mol. The van der Waals surface area contributed by atoms with Gasteiger partial charge >= 0.3 is 17.7 Å². The molecule has 1 saturated heterocycles. The SMILES string of the molecule is CCOC(=O)C1(CC(C)CC)OC(=O)/C(=C/C(C)CC)O1. The van der Waals surface area contributed by atoms with Gasteiger partial charge in [0.1, 0.15) is 0 Å². The van der Waals surface area contributed by atoms with Gasteiger partial charge in [-0.2, -0.15) is 0 Å². The first kappa shape index (κ1) is 17.5. The number of carbonyl (C=O) groups is 2. The summed E-state index contributed by atoms with van der Waals surface area (Å²) >= 11 is 0. The van der Waals surface area contributed by atoms with Crippen LogP contribution >= 0.6 is 0 Å². The summed E-state index contributed by atoms with van der Waals surface area (Å²) in [6.45, 7) is 9.90. The normalized spacial score (nSPS) is 26.1. The topological polar surface area (TPSA) is 61.8 Å². The molecule has 0 aromatic rings. The molecule has 0 bridgehead atoms. The van der Waals surface area contributed by atoms with E-state index in [1.165, 1.54) is 0 Å². The van der Waals surface area contributed by atoms with Crippen LogP contribution in [0, 0.1) is 11.8 Å². The van der Waals surface area contributed by atoms with Gasteiger partial charge in [-0.15, -0.1) is 0 Å². The fourth-order valence-electron chi connectivity index (χ4n) is 2.01. The van der Waals surface area contributed by atoms with Crippen LogP contribution in [-0.4, -0.2) is 24.3 Å². The summed E-state index contributed by atoms with van der Waals surface area (Å²) in [4.78, 5) is 24.2. The molecule has 0 saturated carbocycles. The number of carbonyl (C=O) groups excluding carboxylic acids is 2. The molecule has 1 fully saturated rings. The lowest BCUT2D eigenvalue weighted by atomic mass is 9.98. The molecule has 5 nitrogen and oxygen atoms in total. The van der Waals surface area contributed by atoms with Gasteiger partial charge in [0.2, 0.25) is 5.76 Å². The van der Waals surface area contributed by atoms with Gasteiger partial charge in [-0.05, 0) is 31.3 Å². The lowest BCUT2D eigenvalue weighted by Gasteiger charge is -2.26. The Kier molecular flexibility index (Phi) is 6.24. The molecule has 0 amide bonds. The Hall–Kier alpha value is -1.52. The second-order valence-corrected chi connectivity index (χ2v) is 5.60. The second kappa shape index (κ2) is 7.48. The third-order valence-corrected chi connectivity index (χ3v) is 3.71. The van der Waals surface area contributed by atoms with Crippen LogP contribution in [0.2, 0.25) is 0 Å². The van der Waals surface area contributed by atoms with Crippen LogP contribution in [0.25, 0.3) is 0 Å². The van der Waals surface area contributed by atoms with Gasteiger partial charge in [0, 0.05) is 6.42 Å². The average molecular weight is 298 g/mol. The summed E-state index contributed by atoms with van der Waals surface area (Å²) in [6, 6.07) is 0. The third-order valence-electron chi connectivity index (χ3n) is 3.71. The molecule has 5 heteroatoms. The van der Waals surface area contributed by atoms with Crippen LogP contribution in [0.5, 0.6) is 0 Å². The standard InChI is InChI=1S/C16H26O5/c1-6-11(4)9-13-14(17)21-16(20-13,10-12(5)7-2)15(18)19-8-3/h9,11-12H,6-8,10H2,1-5H3/b13-9-. The fraction of sp³-hybridized carbons (Fsp3) is 0.750. The molecule has 0 radical (unpaired) electrons. The van der Waals surface area contributed by atoms with Crippen LogP contribution in [0.3, 0.4) is 0 Å². The molecular formula is C16H26O5. The first-order chi connectivity index (χ1) is 9.88. The van der Waals surface area contributed by atoms with E-state index in [1.54, 1.807) is 13.0 Å². The van der Waals surface area contributed by atoms with E-state index >= 15 is 0 Å². The van der Waals surface area contributed by atoms with Gasteiger partial charge in [0.15, 0.2) is 0 Å². The van der Waals surface area contributed by atoms with E-state index in [0.29, 0.717) is 6.42 Å². The molecule has 0 aromatic heterocycles. The Balaban J connectivity index is 3.02. The van der Waals surface area contributed by atoms with E-state index in [4.69, 9.17) is 14.2 Å². The minimum Gasteiger partial charge on any atom is -0.460 e. The Morgan fingerprint density at radius 2 is 1.90 bits per heavy atom. The van der Waals surface area contributed by atoms with Crippen molar-refractivity contribution in [2.75, 3.05) is 6.61 Å². The molecule has 1 aliphatic rings. The van der Waals surface area contributed by atoms with Gasteiger partial charge in [0.25, 0.3) is 0 Å². The van der Waals surface area contributed by atoms with Crippen molar-refractivity contribution in [3.63, 3.8) is 0 Å². The Morgan fingerprint density at radius 3 is 2.43 bits per heavy atom. The predicted molar refractivity (Wildman–Crippen MR) is 78.2 cm³/mol. The quantitative estimate of drug-likeness (QED) is 0.533. The highest BCUT2D eigenvalue weighted by Gasteiger charge is 2.54. The van der Waals surface area contributed by atoms with E-state index in [0.717, 1.165) is 12.8 Å². The zero-order chi connectivity index (χ0) is 16.0. The summed E-state index contributed by atoms with van der Waals surface area (Å²) in [6.07, 6.45) is 3.73. The van der Waals surface area contributed by atoms with Crippen LogP contribution in [-0.2, 0) is 23.8 Å². The van der Waals surface area contributed by atoms with E-state index < -0.39 is 17.7 Å². The molecule has 3 unspecified atom stereocenters. The molecule has 1 rings (SSSR count). The van der Waals surface area contributed by atoms with E-state index in [-0.39, 0.29) is 24.2 Å². The first-order valence-corrected chi connectivity index (χ1v) is 7.69. The summed E-state index contributed by atoms with van der Waals surface area (Å²) in [5.41, 5.74) is 0. The van der Waals surface area contributed by atoms with E-state index in [1.807, 2.05) is 27.7 Å². The maximum absolute atomic E-state index is 12.2. The summed E-state index contributed by atoms with van der Waals surface area (Å²) in [7, 11) is 0. The van der Waals surface area contributed by atoms with E-state index in [9.17, 15) is 9.59 Å². The summed E-state index contributed by atoms with van der Waals surface area (Å²) < 4.78 is 16.0. The number of esters is 2. The minimum atomic E-state index is -1.62. The van der Waals surface area contributed by atoms with Crippen LogP contribution in [0.15, 0.2) is 11.8 Å². The van der Waals surface area contributed by atoms with Crippen LogP contribution in [0.4, 0.5) is 0 Å². The second-order valence-electron chi connectivity index (χ2n) is 5.60. The van der Waals surface area contributed by atoms with Gasteiger partial charge < -0.3 is 14.2 Å². The zero-order valence-electron chi connectivity index (χ0n) is 13.6. The van der Waals surface area contributed by atoms with Crippen molar-refractivity contribution in [3.05, 3.63) is 11.8 Å². The summed E-state index contributed by atoms with van der Waals surface area (Å²) in [5, 5.41) is 0. The maximum atomic E-state index is 12.2. The molecular weight excluding hydrogens is 272 g/mol. The molecule has 0 aromatic carbocycles. The van der Waals surface area contributed by atoms with Crippen molar-refractivity contribution in [1.29, 1.82) is 0 Å². The first-order valence-electron chi connectivity index (χ1n) is 7.69. The average Bonchev–Trinajstić information content (AvgIpc) is 2.76. The highest BCUT2D eigenvalue weighted by molar-refractivity contribution is 5.93. The molecule has 120 valence electrons. The number of cyclic esters (lactones) is 1. The van der Waals surface area contributed by atoms with Gasteiger partial charge in [-0.1, -0.05) is 34.1 Å². The number of rotatable bonds is 7. The molecule has 3 atom stereocenters. The number of allylic oxidation sites excluding steroid dienone is 1. The number of hydrogen-bond acceptors (Lipinski definition) is 5. The highest BCUT2D eigenvalue weighted by Crippen LogP contribution is 2.35. The maximum Gasteiger partial charge on any atom is 0.392 e. The van der Waals surface area contributed by atoms with Crippen LogP contribution < -0.4 is 0 Å². The lowest BCUT2D eigenvalue weighted by Crippen LogP contribution is -2.43. The largest absolute Gasteiger partial charge is 0.460 e. The number of hydrogen-bond donors (Lipinski definition) is 0. The number of ether oxygens (including phenoxy) is 3. The zero-order valence-corrected chi connectivity index (χ0v) is 13.6. The Labute approximate surface area is 126 Å². The fourth-order valence-corrected chi connectivity index (χ4v) is 2.01. The lowest BCUT2D eigenvalue weighted by molar-refractivity contribution is -0.209. The predicted octanol–water partition coefficient (Wildman–Crippen LogP) is 3.19. The van der Waals surface area contributed by atoms with E-state index in [2.05, 4.69) is 0 Å². The summed E-state index contributed by atoms with van der Waals surface area (Å²) in [5.74, 6) is -2.39. The van der Waals surface area contributed by atoms with Crippen molar-refractivity contribution >= 4 is 11.9 Å². The van der Waals surface area contributed by atoms with Crippen molar-refractivity contribution < 1.29 is 23.8 Å². The van der Waals surface area contributed by atoms with Gasteiger partial charge in [-0.3, -0.25) is 0 Å². The third kappa shape index (κ3) is 4.22. The van der Waals surface area contributed by atoms with Crippen molar-refractivity contribution in [2.24, 2.45) is 11.8 Å². The molecule has 21 heavy (non-hydrogen) atoms. The Bertz CT molecular complexity index is 415. The molecule has 1 heterocycles. The molecule has 0 spiro atoms. The van der Waals surface area contributed by atoms with Crippen molar-refractivity contribution in [2.45, 2.75) is 59.7 Å². The van der Waals surface area contributed by atoms with Gasteiger partial charge in [0.05, 0.1) is 6.61 Å².